The molecule has 0 radical (unpaired) electrons. The standard InChI is InChI=1S/C26H42O2/c1-5-26(28)15-14-24(3)19(17-26)8-9-20-22-11-10-21(18(2)7-6-16-27)25(22,4)13-12-23(20)24/h8,16,18,20-23,28H,5-7,9-15,17H2,1-4H3/t18-,20?,21-,22+,23+,24+,25-,26+/m1/s1. The van der Waals surface area contributed by atoms with E-state index in [1.165, 1.54) is 38.5 Å². The molecule has 2 heteroatoms. The summed E-state index contributed by atoms with van der Waals surface area (Å²) in [6.45, 7) is 9.68. The number of allylic oxidation sites excluding steroid dienone is 1. The number of hydrogen-bond donors (Lipinski definition) is 1. The number of aliphatic hydroxyl groups is 1. The number of aldehydes is 1. The molecule has 8 atom stereocenters. The summed E-state index contributed by atoms with van der Waals surface area (Å²) in [4.78, 5) is 10.9. The third kappa shape index (κ3) is 3.04. The van der Waals surface area contributed by atoms with Gasteiger partial charge >= 0.3 is 0 Å². The van der Waals surface area contributed by atoms with Gasteiger partial charge in [-0.3, -0.25) is 0 Å². The minimum Gasteiger partial charge on any atom is -0.390 e. The van der Waals surface area contributed by atoms with Gasteiger partial charge in [0, 0.05) is 6.42 Å². The van der Waals surface area contributed by atoms with Crippen LogP contribution in [0.4, 0.5) is 0 Å². The quantitative estimate of drug-likeness (QED) is 0.443. The third-order valence-corrected chi connectivity index (χ3v) is 10.4. The Morgan fingerprint density at radius 2 is 1.96 bits per heavy atom. The predicted octanol–water partition coefficient (Wildman–Crippen LogP) is 6.32. The van der Waals surface area contributed by atoms with Crippen molar-refractivity contribution in [3.05, 3.63) is 11.6 Å². The molecule has 1 unspecified atom stereocenters. The van der Waals surface area contributed by atoms with Crippen molar-refractivity contribution in [2.75, 3.05) is 0 Å². The van der Waals surface area contributed by atoms with Crippen LogP contribution in [0.2, 0.25) is 0 Å². The zero-order chi connectivity index (χ0) is 20.2. The van der Waals surface area contributed by atoms with Crippen LogP contribution in [-0.2, 0) is 4.79 Å². The van der Waals surface area contributed by atoms with Crippen LogP contribution in [0.25, 0.3) is 0 Å². The van der Waals surface area contributed by atoms with E-state index in [1.54, 1.807) is 5.57 Å². The van der Waals surface area contributed by atoms with Crippen LogP contribution in [-0.4, -0.2) is 17.0 Å². The third-order valence-electron chi connectivity index (χ3n) is 10.4. The highest BCUT2D eigenvalue weighted by atomic mass is 16.3. The van der Waals surface area contributed by atoms with Gasteiger partial charge in [-0.2, -0.15) is 0 Å². The Balaban J connectivity index is 1.56. The molecule has 0 spiro atoms. The second kappa shape index (κ2) is 7.25. The number of rotatable bonds is 5. The topological polar surface area (TPSA) is 37.3 Å². The first-order chi connectivity index (χ1) is 13.3. The van der Waals surface area contributed by atoms with Gasteiger partial charge in [0.25, 0.3) is 0 Å². The molecule has 158 valence electrons. The summed E-state index contributed by atoms with van der Waals surface area (Å²) >= 11 is 0. The minimum atomic E-state index is -0.451. The van der Waals surface area contributed by atoms with E-state index in [0.29, 0.717) is 16.7 Å². The Labute approximate surface area is 172 Å². The predicted molar refractivity (Wildman–Crippen MR) is 115 cm³/mol. The van der Waals surface area contributed by atoms with Crippen molar-refractivity contribution in [1.82, 2.24) is 0 Å². The SMILES string of the molecule is CC[C@]1(O)CC[C@@]2(C)C(=CCC3[C@@H]4CC[C@H]([C@H](C)CCC=O)[C@@]4(C)CC[C@@H]32)C1. The molecule has 0 heterocycles. The average Bonchev–Trinajstić information content (AvgIpc) is 3.04. The van der Waals surface area contributed by atoms with Gasteiger partial charge in [0.2, 0.25) is 0 Å². The van der Waals surface area contributed by atoms with E-state index in [1.807, 2.05) is 0 Å². The van der Waals surface area contributed by atoms with E-state index in [-0.39, 0.29) is 0 Å². The van der Waals surface area contributed by atoms with Gasteiger partial charge in [-0.15, -0.1) is 0 Å². The van der Waals surface area contributed by atoms with Crippen molar-refractivity contribution in [3.8, 4) is 0 Å². The molecule has 4 aliphatic carbocycles. The maximum atomic E-state index is 10.9. The van der Waals surface area contributed by atoms with Crippen LogP contribution in [0.15, 0.2) is 11.6 Å². The maximum absolute atomic E-state index is 10.9. The van der Waals surface area contributed by atoms with E-state index in [2.05, 4.69) is 33.8 Å². The second-order valence-electron chi connectivity index (χ2n) is 11.5. The summed E-state index contributed by atoms with van der Waals surface area (Å²) in [5.41, 5.74) is 1.94. The monoisotopic (exact) mass is 386 g/mol. The van der Waals surface area contributed by atoms with Crippen molar-refractivity contribution < 1.29 is 9.90 Å². The van der Waals surface area contributed by atoms with Gasteiger partial charge in [-0.05, 0) is 105 Å². The molecule has 4 rings (SSSR count). The maximum Gasteiger partial charge on any atom is 0.120 e. The Kier molecular flexibility index (Phi) is 5.35. The number of carbonyl (C=O) groups is 1. The highest BCUT2D eigenvalue weighted by Gasteiger charge is 2.59. The van der Waals surface area contributed by atoms with Gasteiger partial charge in [0.15, 0.2) is 0 Å². The van der Waals surface area contributed by atoms with Crippen molar-refractivity contribution in [2.45, 2.75) is 104 Å². The van der Waals surface area contributed by atoms with Crippen LogP contribution in [0.3, 0.4) is 0 Å². The Bertz CT molecular complexity index is 638. The first-order valence-electron chi connectivity index (χ1n) is 12.1. The fourth-order valence-electron chi connectivity index (χ4n) is 8.52. The zero-order valence-corrected chi connectivity index (χ0v) is 18.7. The molecule has 3 saturated carbocycles. The summed E-state index contributed by atoms with van der Waals surface area (Å²) < 4.78 is 0. The van der Waals surface area contributed by atoms with E-state index in [4.69, 9.17) is 0 Å². The normalized spacial score (nSPS) is 48.8. The number of fused-ring (bicyclic) bond motifs is 5. The van der Waals surface area contributed by atoms with Crippen LogP contribution in [0.5, 0.6) is 0 Å². The fraction of sp³-hybridized carbons (Fsp3) is 0.885. The van der Waals surface area contributed by atoms with E-state index < -0.39 is 5.60 Å². The molecule has 0 aromatic rings. The van der Waals surface area contributed by atoms with Crippen LogP contribution in [0, 0.1) is 40.4 Å². The summed E-state index contributed by atoms with van der Waals surface area (Å²) in [6.07, 6.45) is 16.2. The van der Waals surface area contributed by atoms with E-state index in [0.717, 1.165) is 62.1 Å². The molecule has 0 amide bonds. The van der Waals surface area contributed by atoms with Gasteiger partial charge in [0.1, 0.15) is 6.29 Å². The lowest BCUT2D eigenvalue weighted by molar-refractivity contribution is -0.108. The second-order valence-corrected chi connectivity index (χ2v) is 11.5. The molecule has 2 nitrogen and oxygen atoms in total. The highest BCUT2D eigenvalue weighted by Crippen LogP contribution is 2.67. The molecule has 3 fully saturated rings. The van der Waals surface area contributed by atoms with Gasteiger partial charge < -0.3 is 9.90 Å². The Morgan fingerprint density at radius 3 is 2.68 bits per heavy atom. The van der Waals surface area contributed by atoms with Crippen molar-refractivity contribution in [2.24, 2.45) is 40.4 Å². The van der Waals surface area contributed by atoms with Gasteiger partial charge in [-0.25, -0.2) is 0 Å². The average molecular weight is 387 g/mol. The minimum absolute atomic E-state index is 0.326. The zero-order valence-electron chi connectivity index (χ0n) is 18.7. The molecule has 0 saturated heterocycles. The summed E-state index contributed by atoms with van der Waals surface area (Å²) in [5.74, 6) is 3.99. The fourth-order valence-corrected chi connectivity index (χ4v) is 8.52. The van der Waals surface area contributed by atoms with E-state index in [9.17, 15) is 9.90 Å². The highest BCUT2D eigenvalue weighted by molar-refractivity contribution is 5.49. The van der Waals surface area contributed by atoms with Gasteiger partial charge in [0.05, 0.1) is 5.60 Å². The summed E-state index contributed by atoms with van der Waals surface area (Å²) in [5, 5.41) is 10.9. The molecule has 0 aliphatic heterocycles. The van der Waals surface area contributed by atoms with Crippen LogP contribution in [0.1, 0.15) is 98.3 Å². The molecular formula is C26H42O2. The van der Waals surface area contributed by atoms with Gasteiger partial charge in [-0.1, -0.05) is 39.3 Å². The lowest BCUT2D eigenvalue weighted by Crippen LogP contribution is -2.52. The van der Waals surface area contributed by atoms with Crippen LogP contribution >= 0.6 is 0 Å². The largest absolute Gasteiger partial charge is 0.390 e. The summed E-state index contributed by atoms with van der Waals surface area (Å²) in [6, 6.07) is 0. The first kappa shape index (κ1) is 20.6. The van der Waals surface area contributed by atoms with Crippen molar-refractivity contribution in [3.63, 3.8) is 0 Å². The molecule has 0 bridgehead atoms. The molecule has 0 aromatic heterocycles. The number of hydrogen-bond acceptors (Lipinski definition) is 2. The molecule has 4 aliphatic rings. The van der Waals surface area contributed by atoms with Crippen molar-refractivity contribution in [1.29, 1.82) is 0 Å². The van der Waals surface area contributed by atoms with Crippen LogP contribution < -0.4 is 0 Å². The first-order valence-corrected chi connectivity index (χ1v) is 12.1. The Hall–Kier alpha value is -0.630. The lowest BCUT2D eigenvalue weighted by Gasteiger charge is -2.59. The lowest BCUT2D eigenvalue weighted by atomic mass is 9.46. The van der Waals surface area contributed by atoms with Crippen molar-refractivity contribution >= 4 is 6.29 Å². The van der Waals surface area contributed by atoms with E-state index >= 15 is 0 Å². The molecule has 0 aromatic carbocycles. The summed E-state index contributed by atoms with van der Waals surface area (Å²) in [7, 11) is 0. The Morgan fingerprint density at radius 1 is 1.18 bits per heavy atom. The molecular weight excluding hydrogens is 344 g/mol. The smallest absolute Gasteiger partial charge is 0.120 e. The molecule has 28 heavy (non-hydrogen) atoms. The number of carbonyl (C=O) groups excluding carboxylic acids is 1. The molecule has 1 N–H and O–H groups in total.